The molecule has 0 radical (unpaired) electrons. The van der Waals surface area contributed by atoms with Crippen molar-refractivity contribution in [2.75, 3.05) is 12.3 Å². The van der Waals surface area contributed by atoms with Gasteiger partial charge >= 0.3 is 0 Å². The maximum absolute atomic E-state index is 11.9. The van der Waals surface area contributed by atoms with Crippen molar-refractivity contribution in [3.05, 3.63) is 35.9 Å². The second-order valence-corrected chi connectivity index (χ2v) is 5.27. The summed E-state index contributed by atoms with van der Waals surface area (Å²) in [6.45, 7) is 7.24. The van der Waals surface area contributed by atoms with Crippen LogP contribution >= 0.6 is 0 Å². The zero-order valence-corrected chi connectivity index (χ0v) is 10.3. The summed E-state index contributed by atoms with van der Waals surface area (Å²) in [5.41, 5.74) is 7.54. The van der Waals surface area contributed by atoms with Crippen molar-refractivity contribution >= 4 is 15.7 Å². The Labute approximate surface area is 96.2 Å². The molecule has 0 aliphatic carbocycles. The Hall–Kier alpha value is -1.33. The third-order valence-corrected chi connectivity index (χ3v) is 4.02. The van der Waals surface area contributed by atoms with E-state index < -0.39 is 10.0 Å². The van der Waals surface area contributed by atoms with Gasteiger partial charge in [-0.3, -0.25) is 0 Å². The van der Waals surface area contributed by atoms with Gasteiger partial charge in [-0.1, -0.05) is 12.1 Å². The SMILES string of the molecule is C=CCNS(=O)(=O)c1c(N)ccc(C)c1C. The first-order valence-corrected chi connectivity index (χ1v) is 6.34. The summed E-state index contributed by atoms with van der Waals surface area (Å²) in [5.74, 6) is 0. The third kappa shape index (κ3) is 2.43. The van der Waals surface area contributed by atoms with Crippen LogP contribution in [0.3, 0.4) is 0 Å². The van der Waals surface area contributed by atoms with E-state index in [1.807, 2.05) is 6.92 Å². The van der Waals surface area contributed by atoms with Crippen LogP contribution in [0.5, 0.6) is 0 Å². The van der Waals surface area contributed by atoms with Crippen LogP contribution in [0.25, 0.3) is 0 Å². The number of benzene rings is 1. The summed E-state index contributed by atoms with van der Waals surface area (Å²) in [5, 5.41) is 0. The molecule has 0 heterocycles. The molecular weight excluding hydrogens is 224 g/mol. The fourth-order valence-corrected chi connectivity index (χ4v) is 2.83. The predicted molar refractivity (Wildman–Crippen MR) is 65.7 cm³/mol. The molecule has 1 aromatic rings. The van der Waals surface area contributed by atoms with Crippen molar-refractivity contribution in [3.8, 4) is 0 Å². The topological polar surface area (TPSA) is 72.2 Å². The van der Waals surface area contributed by atoms with Crippen LogP contribution in [0.4, 0.5) is 5.69 Å². The van der Waals surface area contributed by atoms with E-state index in [2.05, 4.69) is 11.3 Å². The van der Waals surface area contributed by atoms with Gasteiger partial charge in [0.1, 0.15) is 4.90 Å². The molecule has 0 bridgehead atoms. The fourth-order valence-electron chi connectivity index (χ4n) is 1.41. The summed E-state index contributed by atoms with van der Waals surface area (Å²) in [4.78, 5) is 0.161. The first kappa shape index (κ1) is 12.7. The predicted octanol–water partition coefficient (Wildman–Crippen LogP) is 1.35. The molecule has 1 rings (SSSR count). The molecule has 0 aliphatic rings. The largest absolute Gasteiger partial charge is 0.398 e. The molecule has 16 heavy (non-hydrogen) atoms. The highest BCUT2D eigenvalue weighted by atomic mass is 32.2. The molecule has 4 nitrogen and oxygen atoms in total. The van der Waals surface area contributed by atoms with E-state index in [1.165, 1.54) is 6.08 Å². The van der Waals surface area contributed by atoms with Gasteiger partial charge in [-0.25, -0.2) is 13.1 Å². The Morgan fingerprint density at radius 1 is 1.44 bits per heavy atom. The number of hydrogen-bond donors (Lipinski definition) is 2. The van der Waals surface area contributed by atoms with E-state index in [0.29, 0.717) is 5.56 Å². The highest BCUT2D eigenvalue weighted by molar-refractivity contribution is 7.89. The second-order valence-electron chi connectivity index (χ2n) is 3.57. The molecule has 0 fully saturated rings. The average Bonchev–Trinajstić information content (AvgIpc) is 2.21. The van der Waals surface area contributed by atoms with Gasteiger partial charge in [-0.15, -0.1) is 6.58 Å². The van der Waals surface area contributed by atoms with Crippen LogP contribution in [0.15, 0.2) is 29.7 Å². The van der Waals surface area contributed by atoms with E-state index in [9.17, 15) is 8.42 Å². The minimum Gasteiger partial charge on any atom is -0.398 e. The van der Waals surface area contributed by atoms with Gasteiger partial charge in [0, 0.05) is 6.54 Å². The Kier molecular flexibility index (Phi) is 3.72. The average molecular weight is 240 g/mol. The highest BCUT2D eigenvalue weighted by Gasteiger charge is 2.19. The van der Waals surface area contributed by atoms with Crippen molar-refractivity contribution in [1.29, 1.82) is 0 Å². The zero-order valence-electron chi connectivity index (χ0n) is 9.45. The smallest absolute Gasteiger partial charge is 0.243 e. The minimum atomic E-state index is -3.55. The first-order valence-electron chi connectivity index (χ1n) is 4.86. The number of nitrogens with one attached hydrogen (secondary N) is 1. The molecule has 0 spiro atoms. The summed E-state index contributed by atoms with van der Waals surface area (Å²) >= 11 is 0. The van der Waals surface area contributed by atoms with Gasteiger partial charge in [-0.2, -0.15) is 0 Å². The molecule has 0 aliphatic heterocycles. The first-order chi connectivity index (χ1) is 7.40. The second kappa shape index (κ2) is 4.67. The van der Waals surface area contributed by atoms with Gasteiger partial charge in [-0.05, 0) is 31.0 Å². The number of hydrogen-bond acceptors (Lipinski definition) is 3. The number of nitrogens with two attached hydrogens (primary N) is 1. The van der Waals surface area contributed by atoms with Crippen molar-refractivity contribution in [2.24, 2.45) is 0 Å². The third-order valence-electron chi connectivity index (χ3n) is 2.39. The molecule has 88 valence electrons. The Bertz CT molecular complexity index is 507. The molecule has 0 saturated carbocycles. The molecule has 0 unspecified atom stereocenters. The van der Waals surface area contributed by atoms with Crippen LogP contribution < -0.4 is 10.5 Å². The monoisotopic (exact) mass is 240 g/mol. The lowest BCUT2D eigenvalue weighted by molar-refractivity contribution is 0.585. The fraction of sp³-hybridized carbons (Fsp3) is 0.273. The molecule has 5 heteroatoms. The summed E-state index contributed by atoms with van der Waals surface area (Å²) in [7, 11) is -3.55. The van der Waals surface area contributed by atoms with Crippen molar-refractivity contribution in [2.45, 2.75) is 18.7 Å². The summed E-state index contributed by atoms with van der Waals surface area (Å²) in [6.07, 6.45) is 1.48. The van der Waals surface area contributed by atoms with Crippen LogP contribution in [0, 0.1) is 13.8 Å². The lowest BCUT2D eigenvalue weighted by Gasteiger charge is -2.12. The number of nitrogen functional groups attached to an aromatic ring is 1. The Morgan fingerprint density at radius 2 is 2.06 bits per heavy atom. The molecule has 0 aromatic heterocycles. The van der Waals surface area contributed by atoms with Crippen LogP contribution in [-0.4, -0.2) is 15.0 Å². The number of sulfonamides is 1. The molecule has 1 aromatic carbocycles. The Balaban J connectivity index is 3.32. The standard InChI is InChI=1S/C11H16N2O2S/c1-4-7-13-16(14,15)11-9(3)8(2)5-6-10(11)12/h4-6,13H,1,7,12H2,2-3H3. The van der Waals surface area contributed by atoms with E-state index in [4.69, 9.17) is 5.73 Å². The molecule has 0 saturated heterocycles. The molecule has 3 N–H and O–H groups in total. The van der Waals surface area contributed by atoms with Gasteiger partial charge in [0.25, 0.3) is 0 Å². The highest BCUT2D eigenvalue weighted by Crippen LogP contribution is 2.24. The molecule has 0 amide bonds. The summed E-state index contributed by atoms with van der Waals surface area (Å²) in [6, 6.07) is 3.40. The number of rotatable bonds is 4. The lowest BCUT2D eigenvalue weighted by atomic mass is 10.1. The van der Waals surface area contributed by atoms with Crippen LogP contribution in [-0.2, 0) is 10.0 Å². The Morgan fingerprint density at radius 3 is 2.62 bits per heavy atom. The van der Waals surface area contributed by atoms with Crippen molar-refractivity contribution in [3.63, 3.8) is 0 Å². The normalized spacial score (nSPS) is 11.4. The molecule has 0 atom stereocenters. The molecular formula is C11H16N2O2S. The van der Waals surface area contributed by atoms with Gasteiger partial charge in [0.05, 0.1) is 5.69 Å². The quantitative estimate of drug-likeness (QED) is 0.616. The number of anilines is 1. The number of aryl methyl sites for hydroxylation is 1. The maximum atomic E-state index is 11.9. The minimum absolute atomic E-state index is 0.161. The van der Waals surface area contributed by atoms with Crippen LogP contribution in [0.1, 0.15) is 11.1 Å². The lowest BCUT2D eigenvalue weighted by Crippen LogP contribution is -2.25. The summed E-state index contributed by atoms with van der Waals surface area (Å²) < 4.78 is 26.3. The van der Waals surface area contributed by atoms with Crippen LogP contribution in [0.2, 0.25) is 0 Å². The van der Waals surface area contributed by atoms with Gasteiger partial charge < -0.3 is 5.73 Å². The van der Waals surface area contributed by atoms with Gasteiger partial charge in [0.2, 0.25) is 10.0 Å². The van der Waals surface area contributed by atoms with Crippen molar-refractivity contribution in [1.82, 2.24) is 4.72 Å². The van der Waals surface area contributed by atoms with Gasteiger partial charge in [0.15, 0.2) is 0 Å². The van der Waals surface area contributed by atoms with Crippen molar-refractivity contribution < 1.29 is 8.42 Å². The van der Waals surface area contributed by atoms with E-state index in [0.717, 1.165) is 5.56 Å². The van der Waals surface area contributed by atoms with E-state index in [1.54, 1.807) is 19.1 Å². The van der Waals surface area contributed by atoms with E-state index in [-0.39, 0.29) is 17.1 Å². The maximum Gasteiger partial charge on any atom is 0.243 e. The zero-order chi connectivity index (χ0) is 12.3. The van der Waals surface area contributed by atoms with E-state index >= 15 is 0 Å².